The Morgan fingerprint density at radius 2 is 2.57 bits per heavy atom. The lowest BCUT2D eigenvalue weighted by molar-refractivity contribution is 1.03. The number of azide groups is 1. The fourth-order valence-corrected chi connectivity index (χ4v) is 0.167. The van der Waals surface area contributed by atoms with Crippen LogP contribution in [0.15, 0.2) is 5.11 Å². The lowest BCUT2D eigenvalue weighted by Crippen LogP contribution is -1.75. The highest BCUT2D eigenvalue weighted by Crippen LogP contribution is 1.73. The first-order chi connectivity index (χ1) is 3.41. The summed E-state index contributed by atoms with van der Waals surface area (Å²) in [7, 11) is 0. The fourth-order valence-electron chi connectivity index (χ4n) is 0.167. The molecule has 4 heteroatoms. The van der Waals surface area contributed by atoms with E-state index in [2.05, 4.69) is 10.0 Å². The van der Waals surface area contributed by atoms with Gasteiger partial charge in [0, 0.05) is 11.5 Å². The van der Waals surface area contributed by atoms with Crippen molar-refractivity contribution in [3.05, 3.63) is 10.4 Å². The van der Waals surface area contributed by atoms with Crippen molar-refractivity contribution in [2.45, 2.75) is 6.42 Å². The third-order valence-electron chi connectivity index (χ3n) is 0.437. The average molecular weight is 98.1 g/mol. The maximum Gasteiger partial charge on any atom is 0.0307 e. The van der Waals surface area contributed by atoms with Crippen LogP contribution in [0.5, 0.6) is 0 Å². The zero-order valence-electron chi connectivity index (χ0n) is 3.83. The van der Waals surface area contributed by atoms with E-state index in [1.807, 2.05) is 0 Å². The minimum Gasteiger partial charge on any atom is -0.313 e. The zero-order chi connectivity index (χ0) is 5.54. The van der Waals surface area contributed by atoms with Crippen LogP contribution in [0.2, 0.25) is 0 Å². The van der Waals surface area contributed by atoms with Crippen LogP contribution in [-0.4, -0.2) is 12.8 Å². The molecule has 0 aromatic carbocycles. The largest absolute Gasteiger partial charge is 0.313 e. The quantitative estimate of drug-likeness (QED) is 0.182. The normalized spacial score (nSPS) is 6.86. The molecule has 38 valence electrons. The monoisotopic (exact) mass is 98.1 g/mol. The summed E-state index contributed by atoms with van der Waals surface area (Å²) < 4.78 is 0. The first kappa shape index (κ1) is 5.98. The Labute approximate surface area is 41.3 Å². The predicted octanol–water partition coefficient (Wildman–Crippen LogP) is 1.34. The van der Waals surface area contributed by atoms with Gasteiger partial charge in [-0.05, 0) is 18.2 Å². The first-order valence-corrected chi connectivity index (χ1v) is 1.91. The Bertz CT molecular complexity index is 91.1. The molecule has 0 saturated carbocycles. The van der Waals surface area contributed by atoms with Gasteiger partial charge in [0.25, 0.3) is 0 Å². The standard InChI is InChI=1S/C3H6N4/c4-2-1-3-6-7-5/h2,4H,1,3H2. The molecule has 0 saturated heterocycles. The molecule has 0 atom stereocenters. The molecule has 0 aliphatic carbocycles. The van der Waals surface area contributed by atoms with Gasteiger partial charge in [0.15, 0.2) is 0 Å². The molecular formula is C3H6N4. The maximum absolute atomic E-state index is 7.68. The van der Waals surface area contributed by atoms with Gasteiger partial charge in [-0.15, -0.1) is 0 Å². The van der Waals surface area contributed by atoms with Gasteiger partial charge in [-0.3, -0.25) is 0 Å². The second-order valence-electron chi connectivity index (χ2n) is 0.947. The molecule has 0 aliphatic heterocycles. The van der Waals surface area contributed by atoms with Crippen LogP contribution < -0.4 is 0 Å². The Morgan fingerprint density at radius 3 is 3.00 bits per heavy atom. The minimum absolute atomic E-state index is 0.403. The number of nitrogens with one attached hydrogen (secondary N) is 1. The van der Waals surface area contributed by atoms with Gasteiger partial charge in [0.2, 0.25) is 0 Å². The van der Waals surface area contributed by atoms with E-state index in [0.29, 0.717) is 13.0 Å². The Balaban J connectivity index is 2.97. The molecule has 0 unspecified atom stereocenters. The smallest absolute Gasteiger partial charge is 0.0307 e. The summed E-state index contributed by atoms with van der Waals surface area (Å²) in [6.07, 6.45) is 1.76. The van der Waals surface area contributed by atoms with Crippen molar-refractivity contribution in [2.24, 2.45) is 5.11 Å². The molecule has 0 spiro atoms. The molecule has 0 fully saturated rings. The number of rotatable bonds is 3. The highest BCUT2D eigenvalue weighted by Gasteiger charge is 1.70. The molecule has 0 rings (SSSR count). The number of hydrogen-bond acceptors (Lipinski definition) is 2. The van der Waals surface area contributed by atoms with Crippen molar-refractivity contribution < 1.29 is 0 Å². The van der Waals surface area contributed by atoms with Crippen molar-refractivity contribution in [1.82, 2.24) is 0 Å². The van der Waals surface area contributed by atoms with Crippen molar-refractivity contribution in [3.8, 4) is 0 Å². The van der Waals surface area contributed by atoms with Crippen LogP contribution in [0.3, 0.4) is 0 Å². The number of nitrogens with zero attached hydrogens (tertiary/aromatic N) is 3. The van der Waals surface area contributed by atoms with Gasteiger partial charge in [-0.1, -0.05) is 5.11 Å². The first-order valence-electron chi connectivity index (χ1n) is 1.91. The maximum atomic E-state index is 7.68. The molecule has 0 aliphatic rings. The van der Waals surface area contributed by atoms with E-state index in [9.17, 15) is 0 Å². The molecule has 4 nitrogen and oxygen atoms in total. The molecule has 0 aromatic heterocycles. The van der Waals surface area contributed by atoms with E-state index < -0.39 is 0 Å². The second-order valence-corrected chi connectivity index (χ2v) is 0.947. The topological polar surface area (TPSA) is 72.6 Å². The van der Waals surface area contributed by atoms with Crippen LogP contribution in [0.4, 0.5) is 0 Å². The third kappa shape index (κ3) is 4.98. The van der Waals surface area contributed by atoms with Crippen molar-refractivity contribution in [1.29, 1.82) is 5.41 Å². The van der Waals surface area contributed by atoms with Crippen LogP contribution in [0.25, 0.3) is 10.4 Å². The predicted molar refractivity (Wildman–Crippen MR) is 27.4 cm³/mol. The molecule has 0 radical (unpaired) electrons. The molecule has 0 heterocycles. The van der Waals surface area contributed by atoms with Gasteiger partial charge in [0.1, 0.15) is 0 Å². The lowest BCUT2D eigenvalue weighted by atomic mass is 10.5. The van der Waals surface area contributed by atoms with Gasteiger partial charge in [-0.2, -0.15) is 0 Å². The molecule has 0 aromatic rings. The molecular weight excluding hydrogens is 92.1 g/mol. The van der Waals surface area contributed by atoms with Crippen LogP contribution in [0, 0.1) is 5.41 Å². The van der Waals surface area contributed by atoms with Crippen molar-refractivity contribution in [3.63, 3.8) is 0 Å². The highest BCUT2D eigenvalue weighted by atomic mass is 15.1. The molecule has 0 bridgehead atoms. The van der Waals surface area contributed by atoms with Crippen molar-refractivity contribution >= 4 is 6.21 Å². The summed E-state index contributed by atoms with van der Waals surface area (Å²) in [4.78, 5) is 2.49. The van der Waals surface area contributed by atoms with Gasteiger partial charge in [0.05, 0.1) is 0 Å². The van der Waals surface area contributed by atoms with E-state index >= 15 is 0 Å². The minimum atomic E-state index is 0.403. The molecule has 7 heavy (non-hydrogen) atoms. The fraction of sp³-hybridized carbons (Fsp3) is 0.667. The second kappa shape index (κ2) is 4.98. The summed E-state index contributed by atoms with van der Waals surface area (Å²) in [6, 6.07) is 0. The third-order valence-corrected chi connectivity index (χ3v) is 0.437. The zero-order valence-corrected chi connectivity index (χ0v) is 3.83. The summed E-state index contributed by atoms with van der Waals surface area (Å²) in [5.74, 6) is 0. The van der Waals surface area contributed by atoms with Gasteiger partial charge in [-0.25, -0.2) is 0 Å². The van der Waals surface area contributed by atoms with Crippen LogP contribution >= 0.6 is 0 Å². The van der Waals surface area contributed by atoms with Gasteiger partial charge >= 0.3 is 0 Å². The Morgan fingerprint density at radius 1 is 1.86 bits per heavy atom. The summed E-state index contributed by atoms with van der Waals surface area (Å²) in [5.41, 5.74) is 7.68. The van der Waals surface area contributed by atoms with E-state index in [1.54, 1.807) is 0 Å². The SMILES string of the molecule is [N-]=[N+]=NCCC=N. The average Bonchev–Trinajstić information content (AvgIpc) is 1.69. The van der Waals surface area contributed by atoms with Crippen LogP contribution in [-0.2, 0) is 0 Å². The summed E-state index contributed by atoms with van der Waals surface area (Å²) in [5, 5.41) is 9.66. The Kier molecular flexibility index (Phi) is 4.25. The van der Waals surface area contributed by atoms with E-state index in [-0.39, 0.29) is 0 Å². The molecule has 0 amide bonds. The van der Waals surface area contributed by atoms with E-state index in [0.717, 1.165) is 0 Å². The highest BCUT2D eigenvalue weighted by molar-refractivity contribution is 5.52. The van der Waals surface area contributed by atoms with E-state index in [1.165, 1.54) is 6.21 Å². The summed E-state index contributed by atoms with van der Waals surface area (Å²) >= 11 is 0. The van der Waals surface area contributed by atoms with Crippen molar-refractivity contribution in [2.75, 3.05) is 6.54 Å². The van der Waals surface area contributed by atoms with E-state index in [4.69, 9.17) is 10.9 Å². The van der Waals surface area contributed by atoms with Crippen LogP contribution in [0.1, 0.15) is 6.42 Å². The van der Waals surface area contributed by atoms with Gasteiger partial charge < -0.3 is 5.41 Å². The molecule has 1 N–H and O–H groups in total. The lowest BCUT2D eigenvalue weighted by Gasteiger charge is -1.74. The summed E-state index contributed by atoms with van der Waals surface area (Å²) in [6.45, 7) is 0.403. The number of hydrogen-bond donors (Lipinski definition) is 1. The Hall–Kier alpha value is -1.02.